The predicted octanol–water partition coefficient (Wildman–Crippen LogP) is 1.52. The lowest BCUT2D eigenvalue weighted by molar-refractivity contribution is -0.138. The van der Waals surface area contributed by atoms with Crippen molar-refractivity contribution in [2.75, 3.05) is 80.6 Å². The average Bonchev–Trinajstić information content (AvgIpc) is 4.02. The average molecular weight is 972 g/mol. The molecule has 5 aromatic rings. The van der Waals surface area contributed by atoms with Crippen molar-refractivity contribution < 1.29 is 39.2 Å². The van der Waals surface area contributed by atoms with Crippen molar-refractivity contribution in [2.45, 2.75) is 51.3 Å². The molecule has 9 rings (SSSR count). The number of aromatic carboxylic acids is 1. The second-order valence-electron chi connectivity index (χ2n) is 17.4. The number of phenolic OH excluding ortho intramolecular Hbond substituents is 1. The van der Waals surface area contributed by atoms with Crippen molar-refractivity contribution >= 4 is 52.3 Å². The van der Waals surface area contributed by atoms with E-state index in [0.29, 0.717) is 110 Å². The summed E-state index contributed by atoms with van der Waals surface area (Å²) in [6.45, 7) is 4.64. The van der Waals surface area contributed by atoms with Gasteiger partial charge in [-0.25, -0.2) is 14.2 Å². The Morgan fingerprint density at radius 3 is 2.18 bits per heavy atom. The number of carboxylic acids is 1. The summed E-state index contributed by atoms with van der Waals surface area (Å²) in [5.41, 5.74) is 8.44. The Morgan fingerprint density at radius 1 is 0.803 bits per heavy atom. The lowest BCUT2D eigenvalue weighted by Gasteiger charge is -2.37. The van der Waals surface area contributed by atoms with Crippen LogP contribution in [0.15, 0.2) is 76.2 Å². The van der Waals surface area contributed by atoms with Gasteiger partial charge in [0.1, 0.15) is 23.6 Å². The molecular weight excluding hydrogens is 919 g/mol. The summed E-state index contributed by atoms with van der Waals surface area (Å²) >= 11 is 0. The van der Waals surface area contributed by atoms with Crippen molar-refractivity contribution in [3.05, 3.63) is 94.2 Å². The van der Waals surface area contributed by atoms with E-state index in [4.69, 9.17) is 25.1 Å². The normalized spacial score (nSPS) is 15.1. The fraction of sp³-hybridized carbons (Fsp3) is 0.383. The Bertz CT molecular complexity index is 3090. The molecule has 24 nitrogen and oxygen atoms in total. The molecule has 2 saturated heterocycles. The number of aliphatic hydroxyl groups excluding tert-OH is 2. The summed E-state index contributed by atoms with van der Waals surface area (Å²) in [6.07, 6.45) is 4.90. The number of hydrogen-bond donors (Lipinski definition) is 6. The molecule has 6 heterocycles. The second-order valence-corrected chi connectivity index (χ2v) is 17.4. The number of nitrogens with zero attached hydrogens (tertiary/aromatic N) is 13. The van der Waals surface area contributed by atoms with Crippen LogP contribution in [-0.2, 0) is 29.0 Å². The van der Waals surface area contributed by atoms with Crippen LogP contribution >= 0.6 is 0 Å². The number of carbonyl (C=O) groups is 3. The van der Waals surface area contributed by atoms with Crippen LogP contribution in [0, 0.1) is 0 Å². The number of aryl methyl sites for hydroxylation is 1. The van der Waals surface area contributed by atoms with E-state index in [9.17, 15) is 39.6 Å². The molecular formula is C47H53N15O9. The Morgan fingerprint density at radius 2 is 1.49 bits per heavy atom. The lowest BCUT2D eigenvalue weighted by atomic mass is 9.90. The van der Waals surface area contributed by atoms with Gasteiger partial charge >= 0.3 is 5.97 Å². The third-order valence-corrected chi connectivity index (χ3v) is 12.5. The van der Waals surface area contributed by atoms with Crippen LogP contribution < -0.4 is 26.3 Å². The summed E-state index contributed by atoms with van der Waals surface area (Å²) in [7, 11) is 0. The Hall–Kier alpha value is -8.09. The first-order valence-electron chi connectivity index (χ1n) is 23.3. The van der Waals surface area contributed by atoms with Gasteiger partial charge in [0.05, 0.1) is 23.1 Å². The number of aliphatic hydroxyl groups is 2. The zero-order valence-electron chi connectivity index (χ0n) is 38.8. The van der Waals surface area contributed by atoms with Crippen molar-refractivity contribution in [2.24, 2.45) is 5.73 Å². The first-order valence-corrected chi connectivity index (χ1v) is 23.3. The van der Waals surface area contributed by atoms with Gasteiger partial charge in [-0.15, -0.1) is 10.2 Å². The van der Waals surface area contributed by atoms with Crippen LogP contribution in [0.5, 0.6) is 5.75 Å². The zero-order chi connectivity index (χ0) is 49.8. The minimum absolute atomic E-state index is 0.0161. The van der Waals surface area contributed by atoms with E-state index in [0.717, 1.165) is 12.8 Å². The third-order valence-electron chi connectivity index (χ3n) is 12.5. The molecule has 3 aliphatic heterocycles. The molecule has 24 heteroatoms. The van der Waals surface area contributed by atoms with E-state index in [1.165, 1.54) is 39.7 Å². The maximum Gasteiger partial charge on any atom is 0.336 e. The molecule has 71 heavy (non-hydrogen) atoms. The predicted molar refractivity (Wildman–Crippen MR) is 257 cm³/mol. The number of benzene rings is 3. The van der Waals surface area contributed by atoms with Gasteiger partial charge in [0.25, 0.3) is 0 Å². The van der Waals surface area contributed by atoms with Crippen molar-refractivity contribution in [1.29, 1.82) is 0 Å². The summed E-state index contributed by atoms with van der Waals surface area (Å²) in [6, 6.07) is 12.6. The quantitative estimate of drug-likeness (QED) is 0.0557. The molecule has 2 amide bonds. The second kappa shape index (κ2) is 20.9. The van der Waals surface area contributed by atoms with Crippen LogP contribution in [0.3, 0.4) is 0 Å². The van der Waals surface area contributed by atoms with Crippen LogP contribution in [0.4, 0.5) is 23.5 Å². The standard InChI is InChI=1S/C47H53N15O9/c1-28(64)42(62-26-30(54-56-62)4-2-3-12-48)43(68)58-15-19-60(20-16-58)47-51-45(50-46(52-47)59-17-13-57(14-18-59)40(67)27-61-25-31(11-21-63)53-55-61)49-29-5-8-34(37(22-29)44(69)70)41-35-9-6-32(65)23-38(35)71-39-24-33(66)7-10-36(39)41/h5-10,22-26,28,42,63-65H,2-4,11-21,27,48H2,1H3,(H,69,70)(H,49,50,51,52)/t28-,42+/m1/s1. The number of rotatable bonds is 17. The third kappa shape index (κ3) is 10.6. The summed E-state index contributed by atoms with van der Waals surface area (Å²) in [4.78, 5) is 74.5. The molecule has 4 aliphatic rings. The molecule has 0 radical (unpaired) electrons. The lowest BCUT2D eigenvalue weighted by Crippen LogP contribution is -2.52. The van der Waals surface area contributed by atoms with E-state index in [1.807, 2.05) is 9.80 Å². The number of fused-ring (bicyclic) bond motifs is 2. The molecule has 0 spiro atoms. The minimum atomic E-state index is -1.24. The summed E-state index contributed by atoms with van der Waals surface area (Å²) < 4.78 is 8.86. The number of anilines is 4. The molecule has 0 unspecified atom stereocenters. The van der Waals surface area contributed by atoms with Gasteiger partial charge in [0.2, 0.25) is 29.7 Å². The number of piperazine rings is 2. The number of hydrogen-bond acceptors (Lipinski definition) is 19. The number of unbranched alkanes of at least 4 members (excludes halogenated alkanes) is 1. The Kier molecular flexibility index (Phi) is 14.1. The first kappa shape index (κ1) is 48.0. The highest BCUT2D eigenvalue weighted by molar-refractivity contribution is 6.08. The molecule has 7 N–H and O–H groups in total. The Balaban J connectivity index is 0.985. The number of carbonyl (C=O) groups excluding carboxylic acids is 2. The maximum atomic E-state index is 14.0. The fourth-order valence-corrected chi connectivity index (χ4v) is 8.90. The topological polar surface area (TPSA) is 313 Å². The van der Waals surface area contributed by atoms with Gasteiger partial charge in [-0.3, -0.25) is 14.4 Å². The van der Waals surface area contributed by atoms with E-state index >= 15 is 0 Å². The highest BCUT2D eigenvalue weighted by Crippen LogP contribution is 2.42. The number of nitrogens with two attached hydrogens (primary N) is 1. The molecule has 370 valence electrons. The van der Waals surface area contributed by atoms with Crippen LogP contribution in [0.2, 0.25) is 0 Å². The summed E-state index contributed by atoms with van der Waals surface area (Å²) in [5.74, 6) is -0.855. The highest BCUT2D eigenvalue weighted by Gasteiger charge is 2.34. The van der Waals surface area contributed by atoms with E-state index in [1.54, 1.807) is 53.4 Å². The largest absolute Gasteiger partial charge is 0.508 e. The van der Waals surface area contributed by atoms with Gasteiger partial charge in [0.15, 0.2) is 11.5 Å². The molecule has 0 bridgehead atoms. The van der Waals surface area contributed by atoms with Crippen LogP contribution in [-0.4, -0.2) is 165 Å². The number of nitrogens with one attached hydrogen (secondary N) is 1. The molecule has 2 atom stereocenters. The number of phenols is 1. The molecule has 0 saturated carbocycles. The maximum absolute atomic E-state index is 14.0. The smallest absolute Gasteiger partial charge is 0.336 e. The van der Waals surface area contributed by atoms with Crippen LogP contribution in [0.25, 0.3) is 33.4 Å². The van der Waals surface area contributed by atoms with Gasteiger partial charge in [-0.2, -0.15) is 15.0 Å². The monoisotopic (exact) mass is 971 g/mol. The number of aromatic nitrogens is 9. The van der Waals surface area contributed by atoms with Crippen molar-refractivity contribution in [1.82, 2.24) is 54.7 Å². The van der Waals surface area contributed by atoms with E-state index < -0.39 is 18.1 Å². The van der Waals surface area contributed by atoms with Gasteiger partial charge in [-0.1, -0.05) is 16.5 Å². The Labute approximate surface area is 405 Å². The first-order chi connectivity index (χ1) is 34.3. The van der Waals surface area contributed by atoms with Crippen molar-refractivity contribution in [3.63, 3.8) is 0 Å². The van der Waals surface area contributed by atoms with Crippen LogP contribution in [0.1, 0.15) is 47.6 Å². The number of amides is 2. The molecule has 2 fully saturated rings. The zero-order valence-corrected chi connectivity index (χ0v) is 38.8. The molecule has 2 aromatic carbocycles. The molecule has 3 aromatic heterocycles. The van der Waals surface area contributed by atoms with Gasteiger partial charge in [-0.05, 0) is 74.7 Å². The van der Waals surface area contributed by atoms with E-state index in [2.05, 4.69) is 25.9 Å². The van der Waals surface area contributed by atoms with E-state index in [-0.39, 0.29) is 72.1 Å². The highest BCUT2D eigenvalue weighted by atomic mass is 16.4. The van der Waals surface area contributed by atoms with Crippen molar-refractivity contribution in [3.8, 4) is 28.2 Å². The SMILES string of the molecule is C[C@@H](O)[C@@H](C(=O)N1CCN(c2nc(Nc3ccc(-c4c5ccc(=O)cc-5oc5cc(O)ccc45)c(C(=O)O)c3)nc(N3CCN(C(=O)Cn4cc(CCO)nn4)CC3)n2)CC1)n1cc(CCCCN)nn1. The fourth-order valence-electron chi connectivity index (χ4n) is 8.90. The van der Waals surface area contributed by atoms with Gasteiger partial charge < -0.3 is 55.5 Å². The van der Waals surface area contributed by atoms with Gasteiger partial charge in [0, 0.05) is 112 Å². The number of aromatic hydroxyl groups is 1. The number of carboxylic acid groups (broad SMARTS) is 1. The summed E-state index contributed by atoms with van der Waals surface area (Å²) in [5, 5.41) is 61.1. The minimum Gasteiger partial charge on any atom is -0.508 e. The molecule has 1 aliphatic carbocycles.